The standard InChI is InChI=1S/C16H14OS2/c17-15-10-18-16(19-11-15)14-8-6-13(7-9-14)12-4-2-1-3-5-12/h1-9,16H,10-11H2. The summed E-state index contributed by atoms with van der Waals surface area (Å²) in [6.45, 7) is 0. The number of ketones is 1. The average molecular weight is 286 g/mol. The first-order valence-electron chi connectivity index (χ1n) is 6.23. The maximum absolute atomic E-state index is 11.2. The summed E-state index contributed by atoms with van der Waals surface area (Å²) in [6, 6.07) is 19.1. The lowest BCUT2D eigenvalue weighted by molar-refractivity contribution is -0.114. The molecule has 96 valence electrons. The molecule has 2 aromatic carbocycles. The van der Waals surface area contributed by atoms with Crippen molar-refractivity contribution in [2.24, 2.45) is 0 Å². The minimum absolute atomic E-state index is 0.354. The molecule has 3 heteroatoms. The smallest absolute Gasteiger partial charge is 0.152 e. The molecule has 0 amide bonds. The Hall–Kier alpha value is -1.19. The largest absolute Gasteiger partial charge is 0.298 e. The van der Waals surface area contributed by atoms with Crippen molar-refractivity contribution in [3.8, 4) is 11.1 Å². The summed E-state index contributed by atoms with van der Waals surface area (Å²) in [5.41, 5.74) is 3.79. The van der Waals surface area contributed by atoms with Crippen molar-refractivity contribution in [2.75, 3.05) is 11.5 Å². The van der Waals surface area contributed by atoms with Gasteiger partial charge >= 0.3 is 0 Å². The van der Waals surface area contributed by atoms with E-state index in [0.29, 0.717) is 21.9 Å². The van der Waals surface area contributed by atoms with E-state index in [9.17, 15) is 4.79 Å². The third kappa shape index (κ3) is 3.04. The van der Waals surface area contributed by atoms with Gasteiger partial charge in [-0.1, -0.05) is 54.6 Å². The molecule has 0 saturated carbocycles. The number of hydrogen-bond acceptors (Lipinski definition) is 3. The lowest BCUT2D eigenvalue weighted by Gasteiger charge is -2.20. The van der Waals surface area contributed by atoms with Crippen molar-refractivity contribution in [3.05, 3.63) is 60.2 Å². The number of carbonyl (C=O) groups excluding carboxylic acids is 1. The third-order valence-electron chi connectivity index (χ3n) is 3.08. The number of Topliss-reactive ketones (excluding diaryl/α,β-unsaturated/α-hetero) is 1. The molecule has 1 saturated heterocycles. The minimum atomic E-state index is 0.354. The first-order chi connectivity index (χ1) is 9.33. The molecule has 1 fully saturated rings. The molecule has 1 aliphatic heterocycles. The third-order valence-corrected chi connectivity index (χ3v) is 6.02. The molecule has 0 unspecified atom stereocenters. The van der Waals surface area contributed by atoms with Gasteiger partial charge in [-0.25, -0.2) is 0 Å². The second kappa shape index (κ2) is 5.85. The van der Waals surface area contributed by atoms with Gasteiger partial charge < -0.3 is 0 Å². The zero-order valence-corrected chi connectivity index (χ0v) is 12.0. The van der Waals surface area contributed by atoms with Crippen LogP contribution >= 0.6 is 23.5 Å². The second-order valence-corrected chi connectivity index (χ2v) is 6.97. The van der Waals surface area contributed by atoms with E-state index < -0.39 is 0 Å². The van der Waals surface area contributed by atoms with Crippen LogP contribution in [0.4, 0.5) is 0 Å². The number of rotatable bonds is 2. The maximum atomic E-state index is 11.2. The fourth-order valence-electron chi connectivity index (χ4n) is 2.08. The zero-order chi connectivity index (χ0) is 13.1. The summed E-state index contributed by atoms with van der Waals surface area (Å²) in [5, 5.41) is 0. The summed E-state index contributed by atoms with van der Waals surface area (Å²) >= 11 is 3.48. The summed E-state index contributed by atoms with van der Waals surface area (Å²) < 4.78 is 0.405. The van der Waals surface area contributed by atoms with Crippen LogP contribution in [0.2, 0.25) is 0 Å². The van der Waals surface area contributed by atoms with E-state index in [0.717, 1.165) is 0 Å². The molecule has 0 aliphatic carbocycles. The highest BCUT2D eigenvalue weighted by atomic mass is 32.2. The molecule has 2 aromatic rings. The number of benzene rings is 2. The summed E-state index contributed by atoms with van der Waals surface area (Å²) in [5.74, 6) is 1.66. The van der Waals surface area contributed by atoms with Crippen LogP contribution in [0.25, 0.3) is 11.1 Å². The van der Waals surface area contributed by atoms with Crippen LogP contribution in [0.5, 0.6) is 0 Å². The van der Waals surface area contributed by atoms with E-state index in [-0.39, 0.29) is 0 Å². The van der Waals surface area contributed by atoms with E-state index in [1.54, 1.807) is 23.5 Å². The van der Waals surface area contributed by atoms with Gasteiger partial charge in [0.2, 0.25) is 0 Å². The molecule has 1 aliphatic rings. The number of hydrogen-bond donors (Lipinski definition) is 0. The van der Waals surface area contributed by atoms with Crippen molar-refractivity contribution >= 4 is 29.3 Å². The van der Waals surface area contributed by atoms with Crippen molar-refractivity contribution in [3.63, 3.8) is 0 Å². The topological polar surface area (TPSA) is 17.1 Å². The van der Waals surface area contributed by atoms with Gasteiger partial charge in [-0.3, -0.25) is 4.79 Å². The Kier molecular flexibility index (Phi) is 3.95. The van der Waals surface area contributed by atoms with Crippen LogP contribution in [-0.4, -0.2) is 17.3 Å². The second-order valence-electron chi connectivity index (χ2n) is 4.48. The summed E-state index contributed by atoms with van der Waals surface area (Å²) in [6.07, 6.45) is 0. The molecular formula is C16H14OS2. The van der Waals surface area contributed by atoms with Gasteiger partial charge in [0.15, 0.2) is 5.78 Å². The highest BCUT2D eigenvalue weighted by molar-refractivity contribution is 8.18. The quantitative estimate of drug-likeness (QED) is 0.814. The predicted octanol–water partition coefficient (Wildman–Crippen LogP) is 4.40. The lowest BCUT2D eigenvalue weighted by atomic mass is 10.0. The molecule has 3 rings (SSSR count). The fourth-order valence-corrected chi connectivity index (χ4v) is 4.58. The minimum Gasteiger partial charge on any atom is -0.298 e. The van der Waals surface area contributed by atoms with Gasteiger partial charge in [0, 0.05) is 0 Å². The van der Waals surface area contributed by atoms with E-state index >= 15 is 0 Å². The monoisotopic (exact) mass is 286 g/mol. The Morgan fingerprint density at radius 1 is 0.789 bits per heavy atom. The first kappa shape index (κ1) is 12.8. The van der Waals surface area contributed by atoms with Crippen LogP contribution in [-0.2, 0) is 4.79 Å². The van der Waals surface area contributed by atoms with E-state index in [1.165, 1.54) is 16.7 Å². The Labute approximate surface area is 121 Å². The molecule has 0 atom stereocenters. The molecule has 0 aromatic heterocycles. The molecule has 0 bridgehead atoms. The molecular weight excluding hydrogens is 272 g/mol. The Balaban J connectivity index is 1.78. The van der Waals surface area contributed by atoms with Gasteiger partial charge in [0.05, 0.1) is 16.1 Å². The van der Waals surface area contributed by atoms with Crippen LogP contribution in [0, 0.1) is 0 Å². The van der Waals surface area contributed by atoms with Crippen LogP contribution < -0.4 is 0 Å². The molecule has 0 radical (unpaired) electrons. The Bertz CT molecular complexity index is 553. The van der Waals surface area contributed by atoms with E-state index in [2.05, 4.69) is 48.5 Å². The van der Waals surface area contributed by atoms with Crippen molar-refractivity contribution in [1.29, 1.82) is 0 Å². The number of carbonyl (C=O) groups is 1. The van der Waals surface area contributed by atoms with Crippen molar-refractivity contribution in [1.82, 2.24) is 0 Å². The van der Waals surface area contributed by atoms with Gasteiger partial charge in [-0.05, 0) is 16.7 Å². The molecule has 0 N–H and O–H groups in total. The highest BCUT2D eigenvalue weighted by Crippen LogP contribution is 2.42. The Morgan fingerprint density at radius 3 is 2.00 bits per heavy atom. The van der Waals surface area contributed by atoms with Crippen molar-refractivity contribution < 1.29 is 4.79 Å². The van der Waals surface area contributed by atoms with Gasteiger partial charge in [-0.2, -0.15) is 0 Å². The van der Waals surface area contributed by atoms with Crippen molar-refractivity contribution in [2.45, 2.75) is 4.58 Å². The maximum Gasteiger partial charge on any atom is 0.152 e. The SMILES string of the molecule is O=C1CSC(c2ccc(-c3ccccc3)cc2)SC1. The van der Waals surface area contributed by atoms with Crippen LogP contribution in [0.1, 0.15) is 10.1 Å². The predicted molar refractivity (Wildman–Crippen MR) is 84.5 cm³/mol. The van der Waals surface area contributed by atoms with Crippen LogP contribution in [0.15, 0.2) is 54.6 Å². The van der Waals surface area contributed by atoms with E-state index in [1.807, 2.05) is 6.07 Å². The fraction of sp³-hybridized carbons (Fsp3) is 0.188. The molecule has 1 heterocycles. The van der Waals surface area contributed by atoms with Gasteiger partial charge in [0.1, 0.15) is 0 Å². The molecule has 1 nitrogen and oxygen atoms in total. The lowest BCUT2D eigenvalue weighted by Crippen LogP contribution is -2.12. The Morgan fingerprint density at radius 2 is 1.37 bits per heavy atom. The molecule has 0 spiro atoms. The van der Waals surface area contributed by atoms with E-state index in [4.69, 9.17) is 0 Å². The zero-order valence-electron chi connectivity index (χ0n) is 10.4. The van der Waals surface area contributed by atoms with Crippen LogP contribution in [0.3, 0.4) is 0 Å². The number of thioether (sulfide) groups is 2. The highest BCUT2D eigenvalue weighted by Gasteiger charge is 2.21. The first-order valence-corrected chi connectivity index (χ1v) is 8.33. The van der Waals surface area contributed by atoms with Gasteiger partial charge in [-0.15, -0.1) is 23.5 Å². The summed E-state index contributed by atoms with van der Waals surface area (Å²) in [7, 11) is 0. The normalized spacial score (nSPS) is 16.5. The van der Waals surface area contributed by atoms with Gasteiger partial charge in [0.25, 0.3) is 0 Å². The summed E-state index contributed by atoms with van der Waals surface area (Å²) in [4.78, 5) is 11.2. The average Bonchev–Trinajstić information content (AvgIpc) is 2.49. The molecule has 19 heavy (non-hydrogen) atoms.